The van der Waals surface area contributed by atoms with Crippen molar-refractivity contribution in [3.8, 4) is 0 Å². The van der Waals surface area contributed by atoms with Crippen molar-refractivity contribution >= 4 is 27.3 Å². The van der Waals surface area contributed by atoms with Crippen molar-refractivity contribution in [2.45, 2.75) is 43.5 Å². The van der Waals surface area contributed by atoms with Crippen molar-refractivity contribution < 1.29 is 12.8 Å². The molecule has 0 amide bonds. The molecule has 0 spiro atoms. The zero-order valence-corrected chi connectivity index (χ0v) is 12.8. The first-order chi connectivity index (χ1) is 9.29. The monoisotopic (exact) mass is 320 g/mol. The number of nitrogens with one attached hydrogen (secondary N) is 1. The van der Waals surface area contributed by atoms with Crippen LogP contribution in [0.25, 0.3) is 0 Å². The van der Waals surface area contributed by atoms with E-state index in [2.05, 4.69) is 11.6 Å². The lowest BCUT2D eigenvalue weighted by Crippen LogP contribution is -2.38. The Morgan fingerprint density at radius 2 is 2.10 bits per heavy atom. The third-order valence-electron chi connectivity index (χ3n) is 3.56. The van der Waals surface area contributed by atoms with Crippen LogP contribution in [0.1, 0.15) is 32.6 Å². The smallest absolute Gasteiger partial charge is 0.243 e. The van der Waals surface area contributed by atoms with Crippen LogP contribution in [0, 0.1) is 11.7 Å². The highest BCUT2D eigenvalue weighted by Gasteiger charge is 2.27. The SMILES string of the molecule is CC1CCCC(NS(=O)(=O)c2cc(N)cc(Cl)c2F)C1. The summed E-state index contributed by atoms with van der Waals surface area (Å²) >= 11 is 5.64. The zero-order chi connectivity index (χ0) is 14.9. The summed E-state index contributed by atoms with van der Waals surface area (Å²) in [5.41, 5.74) is 5.66. The maximum Gasteiger partial charge on any atom is 0.243 e. The van der Waals surface area contributed by atoms with Crippen molar-refractivity contribution in [3.05, 3.63) is 23.0 Å². The number of sulfonamides is 1. The Labute approximate surface area is 123 Å². The minimum absolute atomic E-state index is 0.119. The van der Waals surface area contributed by atoms with Crippen LogP contribution in [0.3, 0.4) is 0 Å². The number of nitrogen functional groups attached to an aromatic ring is 1. The molecule has 1 saturated carbocycles. The van der Waals surface area contributed by atoms with Crippen LogP contribution < -0.4 is 10.5 Å². The molecule has 1 aromatic carbocycles. The van der Waals surface area contributed by atoms with Gasteiger partial charge in [0.25, 0.3) is 0 Å². The molecule has 0 bridgehead atoms. The molecule has 0 aliphatic heterocycles. The molecule has 0 aromatic heterocycles. The van der Waals surface area contributed by atoms with Gasteiger partial charge in [0.2, 0.25) is 10.0 Å². The molecule has 7 heteroatoms. The van der Waals surface area contributed by atoms with E-state index in [1.165, 1.54) is 6.07 Å². The molecule has 2 atom stereocenters. The van der Waals surface area contributed by atoms with E-state index in [-0.39, 0.29) is 16.8 Å². The minimum Gasteiger partial charge on any atom is -0.399 e. The maximum absolute atomic E-state index is 13.9. The van der Waals surface area contributed by atoms with Crippen molar-refractivity contribution in [1.82, 2.24) is 4.72 Å². The zero-order valence-electron chi connectivity index (χ0n) is 11.2. The first-order valence-corrected chi connectivity index (χ1v) is 8.42. The highest BCUT2D eigenvalue weighted by atomic mass is 35.5. The second kappa shape index (κ2) is 5.87. The third kappa shape index (κ3) is 3.42. The molecule has 1 fully saturated rings. The van der Waals surface area contributed by atoms with Crippen molar-refractivity contribution in [2.75, 3.05) is 5.73 Å². The Morgan fingerprint density at radius 3 is 2.75 bits per heavy atom. The fourth-order valence-electron chi connectivity index (χ4n) is 2.60. The van der Waals surface area contributed by atoms with E-state index in [4.69, 9.17) is 17.3 Å². The lowest BCUT2D eigenvalue weighted by Gasteiger charge is -2.27. The molecule has 4 nitrogen and oxygen atoms in total. The summed E-state index contributed by atoms with van der Waals surface area (Å²) in [7, 11) is -3.95. The third-order valence-corrected chi connectivity index (χ3v) is 5.36. The number of benzene rings is 1. The van der Waals surface area contributed by atoms with Crippen molar-refractivity contribution in [2.24, 2.45) is 5.92 Å². The van der Waals surface area contributed by atoms with Crippen LogP contribution in [0.2, 0.25) is 5.02 Å². The summed E-state index contributed by atoms with van der Waals surface area (Å²) in [6, 6.07) is 2.12. The van der Waals surface area contributed by atoms with Gasteiger partial charge in [-0.2, -0.15) is 0 Å². The number of rotatable bonds is 3. The maximum atomic E-state index is 13.9. The molecule has 1 aromatic rings. The molecule has 3 N–H and O–H groups in total. The summed E-state index contributed by atoms with van der Waals surface area (Å²) in [4.78, 5) is -0.485. The van der Waals surface area contributed by atoms with Gasteiger partial charge in [-0.15, -0.1) is 0 Å². The number of nitrogens with two attached hydrogens (primary N) is 1. The summed E-state index contributed by atoms with van der Waals surface area (Å²) < 4.78 is 41.0. The van der Waals surface area contributed by atoms with Gasteiger partial charge in [-0.05, 0) is 30.9 Å². The average molecular weight is 321 g/mol. The van der Waals surface area contributed by atoms with Gasteiger partial charge >= 0.3 is 0 Å². The van der Waals surface area contributed by atoms with Crippen LogP contribution in [-0.4, -0.2) is 14.5 Å². The van der Waals surface area contributed by atoms with Gasteiger partial charge < -0.3 is 5.73 Å². The van der Waals surface area contributed by atoms with Crippen molar-refractivity contribution in [1.29, 1.82) is 0 Å². The van der Waals surface area contributed by atoms with Gasteiger partial charge in [0.15, 0.2) is 5.82 Å². The fourth-order valence-corrected chi connectivity index (χ4v) is 4.30. The van der Waals surface area contributed by atoms with Crippen LogP contribution in [0.15, 0.2) is 17.0 Å². The van der Waals surface area contributed by atoms with Gasteiger partial charge in [0.1, 0.15) is 4.90 Å². The Hall–Kier alpha value is -0.850. The van der Waals surface area contributed by atoms with E-state index in [1.54, 1.807) is 0 Å². The van der Waals surface area contributed by atoms with Gasteiger partial charge in [-0.3, -0.25) is 0 Å². The number of hydrogen-bond acceptors (Lipinski definition) is 3. The summed E-state index contributed by atoms with van der Waals surface area (Å²) in [6.45, 7) is 2.08. The van der Waals surface area contributed by atoms with Crippen molar-refractivity contribution in [3.63, 3.8) is 0 Å². The number of halogens is 2. The lowest BCUT2D eigenvalue weighted by molar-refractivity contribution is 0.327. The highest BCUT2D eigenvalue weighted by Crippen LogP contribution is 2.28. The summed E-state index contributed by atoms with van der Waals surface area (Å²) in [5.74, 6) is -0.497. The quantitative estimate of drug-likeness (QED) is 0.841. The molecule has 112 valence electrons. The Kier molecular flexibility index (Phi) is 4.56. The van der Waals surface area contributed by atoms with Gasteiger partial charge in [-0.25, -0.2) is 17.5 Å². The second-order valence-corrected chi connectivity index (χ2v) is 7.49. The largest absolute Gasteiger partial charge is 0.399 e. The van der Waals surface area contributed by atoms with Gasteiger partial charge in [0.05, 0.1) is 5.02 Å². The molecule has 1 aliphatic rings. The second-order valence-electron chi connectivity index (χ2n) is 5.40. The number of anilines is 1. The molecule has 0 heterocycles. The van der Waals surface area contributed by atoms with Crippen LogP contribution in [0.4, 0.5) is 10.1 Å². The molecular weight excluding hydrogens is 303 g/mol. The highest BCUT2D eigenvalue weighted by molar-refractivity contribution is 7.89. The Bertz CT molecular complexity index is 607. The van der Waals surface area contributed by atoms with Crippen LogP contribution in [0.5, 0.6) is 0 Å². The molecule has 2 rings (SSSR count). The lowest BCUT2D eigenvalue weighted by atomic mass is 9.88. The van der Waals surface area contributed by atoms with E-state index in [0.29, 0.717) is 5.92 Å². The minimum atomic E-state index is -3.95. The number of hydrogen-bond donors (Lipinski definition) is 2. The Morgan fingerprint density at radius 1 is 1.40 bits per heavy atom. The van der Waals surface area contributed by atoms with Crippen LogP contribution in [-0.2, 0) is 10.0 Å². The van der Waals surface area contributed by atoms with Gasteiger partial charge in [0, 0.05) is 11.7 Å². The topological polar surface area (TPSA) is 72.2 Å². The van der Waals surface area contributed by atoms with Gasteiger partial charge in [-0.1, -0.05) is 31.4 Å². The molecular formula is C13H18ClFN2O2S. The van der Waals surface area contributed by atoms with Crippen LogP contribution >= 0.6 is 11.6 Å². The first kappa shape index (κ1) is 15.5. The normalized spacial score (nSPS) is 23.8. The molecule has 0 saturated heterocycles. The van der Waals surface area contributed by atoms with E-state index in [0.717, 1.165) is 31.7 Å². The average Bonchev–Trinajstić information content (AvgIpc) is 2.33. The fraction of sp³-hybridized carbons (Fsp3) is 0.538. The molecule has 1 aliphatic carbocycles. The van der Waals surface area contributed by atoms with E-state index in [1.807, 2.05) is 0 Å². The summed E-state index contributed by atoms with van der Waals surface area (Å²) in [5, 5.41) is -0.289. The first-order valence-electron chi connectivity index (χ1n) is 6.56. The predicted molar refractivity (Wildman–Crippen MR) is 77.6 cm³/mol. The molecule has 20 heavy (non-hydrogen) atoms. The van der Waals surface area contributed by atoms with E-state index >= 15 is 0 Å². The predicted octanol–water partition coefficient (Wildman–Crippen LogP) is 2.92. The standard InChI is InChI=1S/C13H18ClFN2O2S/c1-8-3-2-4-10(5-8)17-20(18,19)12-7-9(16)6-11(14)13(12)15/h6-8,10,17H,2-5,16H2,1H3. The molecule has 2 unspecified atom stereocenters. The molecule has 0 radical (unpaired) electrons. The Balaban J connectivity index is 2.26. The van der Waals surface area contributed by atoms with E-state index in [9.17, 15) is 12.8 Å². The van der Waals surface area contributed by atoms with E-state index < -0.39 is 20.7 Å². The summed E-state index contributed by atoms with van der Waals surface area (Å²) in [6.07, 6.45) is 3.59.